The molecule has 0 bridgehead atoms. The third-order valence-corrected chi connectivity index (χ3v) is 7.03. The average molecular weight is 427 g/mol. The number of imidazole rings is 1. The highest BCUT2D eigenvalue weighted by atomic mass is 32.2. The highest BCUT2D eigenvalue weighted by Gasteiger charge is 2.23. The molecule has 0 N–H and O–H groups in total. The maximum absolute atomic E-state index is 12.3. The lowest BCUT2D eigenvalue weighted by molar-refractivity contribution is 0.282. The SMILES string of the molecule is CN(Cc1cccc2cnccc12)Cc1cnc(S(C)(=O)=O)n1CC1CCCCC1. The fourth-order valence-electron chi connectivity index (χ4n) is 4.59. The van der Waals surface area contributed by atoms with E-state index >= 15 is 0 Å². The van der Waals surface area contributed by atoms with Gasteiger partial charge in [-0.25, -0.2) is 13.4 Å². The van der Waals surface area contributed by atoms with Crippen molar-refractivity contribution in [2.45, 2.75) is 56.9 Å². The van der Waals surface area contributed by atoms with Gasteiger partial charge in [0.25, 0.3) is 0 Å². The van der Waals surface area contributed by atoms with Gasteiger partial charge in [0, 0.05) is 43.7 Å². The molecule has 1 aliphatic rings. The van der Waals surface area contributed by atoms with Crippen molar-refractivity contribution in [3.63, 3.8) is 0 Å². The van der Waals surface area contributed by atoms with Gasteiger partial charge in [0.15, 0.2) is 0 Å². The van der Waals surface area contributed by atoms with Crippen molar-refractivity contribution < 1.29 is 8.42 Å². The quantitative estimate of drug-likeness (QED) is 0.570. The van der Waals surface area contributed by atoms with Crippen LogP contribution in [-0.2, 0) is 29.5 Å². The van der Waals surface area contributed by atoms with E-state index in [1.807, 2.05) is 23.0 Å². The highest BCUT2D eigenvalue weighted by molar-refractivity contribution is 7.90. The van der Waals surface area contributed by atoms with Gasteiger partial charge >= 0.3 is 0 Å². The minimum absolute atomic E-state index is 0.202. The molecule has 160 valence electrons. The van der Waals surface area contributed by atoms with Crippen LogP contribution in [0.1, 0.15) is 43.4 Å². The summed E-state index contributed by atoms with van der Waals surface area (Å²) in [6.45, 7) is 2.16. The number of sulfone groups is 1. The summed E-state index contributed by atoms with van der Waals surface area (Å²) in [6.07, 6.45) is 12.8. The summed E-state index contributed by atoms with van der Waals surface area (Å²) in [5.41, 5.74) is 2.20. The van der Waals surface area contributed by atoms with Crippen LogP contribution >= 0.6 is 0 Å². The normalized spacial score (nSPS) is 15.8. The minimum atomic E-state index is -3.36. The zero-order valence-electron chi connectivity index (χ0n) is 17.8. The van der Waals surface area contributed by atoms with Crippen LogP contribution in [0.4, 0.5) is 0 Å². The molecule has 2 heterocycles. The lowest BCUT2D eigenvalue weighted by atomic mass is 9.89. The first-order chi connectivity index (χ1) is 14.4. The molecule has 1 saturated carbocycles. The molecule has 2 aromatic heterocycles. The second kappa shape index (κ2) is 8.86. The summed E-state index contributed by atoms with van der Waals surface area (Å²) < 4.78 is 26.6. The Morgan fingerprint density at radius 2 is 1.90 bits per heavy atom. The highest BCUT2D eigenvalue weighted by Crippen LogP contribution is 2.27. The number of benzene rings is 1. The summed E-state index contributed by atoms with van der Waals surface area (Å²) in [5, 5.41) is 2.53. The van der Waals surface area contributed by atoms with Gasteiger partial charge in [-0.15, -0.1) is 0 Å². The van der Waals surface area contributed by atoms with Gasteiger partial charge in [-0.2, -0.15) is 0 Å². The van der Waals surface area contributed by atoms with E-state index in [0.29, 0.717) is 12.5 Å². The molecule has 7 heteroatoms. The molecular weight excluding hydrogens is 396 g/mol. The number of rotatable bonds is 7. The maximum atomic E-state index is 12.3. The summed E-state index contributed by atoms with van der Waals surface area (Å²) in [5.74, 6) is 0.531. The predicted octanol–water partition coefficient (Wildman–Crippen LogP) is 4.05. The van der Waals surface area contributed by atoms with Gasteiger partial charge in [0.05, 0.1) is 11.9 Å². The van der Waals surface area contributed by atoms with E-state index in [9.17, 15) is 8.42 Å². The van der Waals surface area contributed by atoms with Gasteiger partial charge in [0.2, 0.25) is 15.0 Å². The van der Waals surface area contributed by atoms with E-state index in [-0.39, 0.29) is 5.16 Å². The third kappa shape index (κ3) is 4.73. The summed E-state index contributed by atoms with van der Waals surface area (Å²) in [6, 6.07) is 8.32. The number of hydrogen-bond acceptors (Lipinski definition) is 5. The van der Waals surface area contributed by atoms with Crippen molar-refractivity contribution in [3.05, 3.63) is 54.1 Å². The summed E-state index contributed by atoms with van der Waals surface area (Å²) >= 11 is 0. The Morgan fingerprint density at radius 3 is 2.67 bits per heavy atom. The predicted molar refractivity (Wildman–Crippen MR) is 119 cm³/mol. The Morgan fingerprint density at radius 1 is 1.10 bits per heavy atom. The Hall–Kier alpha value is -2.25. The molecule has 0 radical (unpaired) electrons. The molecule has 6 nitrogen and oxygen atoms in total. The Labute approximate surface area is 178 Å². The first kappa shape index (κ1) is 21.0. The van der Waals surface area contributed by atoms with Crippen molar-refractivity contribution in [1.82, 2.24) is 19.4 Å². The largest absolute Gasteiger partial charge is 0.317 e. The lowest BCUT2D eigenvalue weighted by Crippen LogP contribution is -2.23. The Bertz CT molecular complexity index is 1110. The van der Waals surface area contributed by atoms with Crippen LogP contribution < -0.4 is 0 Å². The van der Waals surface area contributed by atoms with Gasteiger partial charge < -0.3 is 4.57 Å². The Balaban J connectivity index is 1.56. The van der Waals surface area contributed by atoms with Crippen molar-refractivity contribution >= 4 is 20.6 Å². The number of pyridine rings is 1. The topological polar surface area (TPSA) is 68.1 Å². The molecule has 0 aliphatic heterocycles. The smallest absolute Gasteiger partial charge is 0.227 e. The summed E-state index contributed by atoms with van der Waals surface area (Å²) in [7, 11) is -1.29. The number of fused-ring (bicyclic) bond motifs is 1. The number of hydrogen-bond donors (Lipinski definition) is 0. The van der Waals surface area contributed by atoms with Crippen LogP contribution in [-0.4, -0.2) is 41.2 Å². The van der Waals surface area contributed by atoms with Crippen molar-refractivity contribution in [1.29, 1.82) is 0 Å². The van der Waals surface area contributed by atoms with E-state index in [4.69, 9.17) is 0 Å². The first-order valence-electron chi connectivity index (χ1n) is 10.7. The van der Waals surface area contributed by atoms with Crippen LogP contribution in [0.2, 0.25) is 0 Å². The number of nitrogens with zero attached hydrogens (tertiary/aromatic N) is 4. The standard InChI is InChI=1S/C23H30N4O2S/c1-26(16-20-10-6-9-19-13-24-12-11-22(19)20)17-21-14-25-23(30(2,28)29)27(21)15-18-7-4-3-5-8-18/h6,9-14,18H,3-5,7-8,15-17H2,1-2H3. The molecule has 0 saturated heterocycles. The van der Waals surface area contributed by atoms with E-state index in [1.54, 1.807) is 6.20 Å². The monoisotopic (exact) mass is 426 g/mol. The van der Waals surface area contributed by atoms with Crippen LogP contribution in [0.25, 0.3) is 10.8 Å². The molecule has 3 aromatic rings. The Kier molecular flexibility index (Phi) is 6.20. The average Bonchev–Trinajstić information content (AvgIpc) is 3.11. The van der Waals surface area contributed by atoms with Gasteiger partial charge in [-0.05, 0) is 42.8 Å². The van der Waals surface area contributed by atoms with E-state index in [1.165, 1.54) is 49.3 Å². The molecule has 0 unspecified atom stereocenters. The van der Waals surface area contributed by atoms with Gasteiger partial charge in [-0.1, -0.05) is 37.5 Å². The van der Waals surface area contributed by atoms with E-state index in [2.05, 4.69) is 40.1 Å². The lowest BCUT2D eigenvalue weighted by Gasteiger charge is -2.25. The minimum Gasteiger partial charge on any atom is -0.317 e. The maximum Gasteiger partial charge on any atom is 0.227 e. The second-order valence-corrected chi connectivity index (χ2v) is 10.5. The molecule has 1 aromatic carbocycles. The molecule has 0 amide bonds. The summed E-state index contributed by atoms with van der Waals surface area (Å²) in [4.78, 5) is 10.7. The molecule has 0 spiro atoms. The second-order valence-electron chi connectivity index (χ2n) is 8.61. The molecule has 30 heavy (non-hydrogen) atoms. The zero-order chi connectivity index (χ0) is 21.1. The fraction of sp³-hybridized carbons (Fsp3) is 0.478. The molecule has 1 aliphatic carbocycles. The van der Waals surface area contributed by atoms with E-state index in [0.717, 1.165) is 24.2 Å². The third-order valence-electron chi connectivity index (χ3n) is 6.04. The van der Waals surface area contributed by atoms with Crippen LogP contribution in [0, 0.1) is 5.92 Å². The van der Waals surface area contributed by atoms with Crippen LogP contribution in [0.5, 0.6) is 0 Å². The molecule has 4 rings (SSSR count). The van der Waals surface area contributed by atoms with Gasteiger partial charge in [-0.3, -0.25) is 9.88 Å². The molecule has 0 atom stereocenters. The molecule has 1 fully saturated rings. The van der Waals surface area contributed by atoms with Crippen molar-refractivity contribution in [3.8, 4) is 0 Å². The fourth-order valence-corrected chi connectivity index (χ4v) is 5.42. The van der Waals surface area contributed by atoms with E-state index < -0.39 is 9.84 Å². The van der Waals surface area contributed by atoms with Crippen LogP contribution in [0.15, 0.2) is 48.0 Å². The van der Waals surface area contributed by atoms with Gasteiger partial charge in [0.1, 0.15) is 0 Å². The van der Waals surface area contributed by atoms with Crippen molar-refractivity contribution in [2.24, 2.45) is 5.92 Å². The van der Waals surface area contributed by atoms with Crippen LogP contribution in [0.3, 0.4) is 0 Å². The zero-order valence-corrected chi connectivity index (χ0v) is 18.6. The number of aromatic nitrogens is 3. The van der Waals surface area contributed by atoms with Crippen molar-refractivity contribution in [2.75, 3.05) is 13.3 Å². The molecular formula is C23H30N4O2S. The first-order valence-corrected chi connectivity index (χ1v) is 12.6.